The van der Waals surface area contributed by atoms with Crippen LogP contribution >= 0.6 is 0 Å². The van der Waals surface area contributed by atoms with Gasteiger partial charge in [-0.15, -0.1) is 5.10 Å². The van der Waals surface area contributed by atoms with E-state index >= 15 is 0 Å². The molecule has 122 valence electrons. The van der Waals surface area contributed by atoms with Gasteiger partial charge in [0.05, 0.1) is 24.2 Å². The third-order valence-electron chi connectivity index (χ3n) is 3.87. The molecule has 2 heterocycles. The molecule has 2 aromatic rings. The summed E-state index contributed by atoms with van der Waals surface area (Å²) in [6.07, 6.45) is 1.57. The summed E-state index contributed by atoms with van der Waals surface area (Å²) < 4.78 is 28.5. The Labute approximate surface area is 135 Å². The van der Waals surface area contributed by atoms with Gasteiger partial charge in [0.1, 0.15) is 0 Å². The van der Waals surface area contributed by atoms with Gasteiger partial charge in [0.2, 0.25) is 15.9 Å². The first kappa shape index (κ1) is 15.7. The van der Waals surface area contributed by atoms with Gasteiger partial charge < -0.3 is 9.64 Å². The van der Waals surface area contributed by atoms with E-state index in [0.717, 1.165) is 29.9 Å². The zero-order chi connectivity index (χ0) is 16.4. The van der Waals surface area contributed by atoms with Crippen LogP contribution in [0.1, 0.15) is 17.7 Å². The molecule has 0 fully saturated rings. The average Bonchev–Trinajstić information content (AvgIpc) is 2.54. The van der Waals surface area contributed by atoms with Crippen molar-refractivity contribution in [3.63, 3.8) is 0 Å². The van der Waals surface area contributed by atoms with E-state index in [2.05, 4.69) is 15.1 Å². The SMILES string of the molecule is COc1ccc(CN2CCCc3c2cccc3S(N)(=O)=O)nn1. The number of primary sulfonamides is 1. The fraction of sp³-hybridized carbons (Fsp3) is 0.333. The first-order valence-corrected chi connectivity index (χ1v) is 8.80. The Kier molecular flexibility index (Phi) is 4.18. The maximum atomic E-state index is 11.8. The van der Waals surface area contributed by atoms with E-state index in [0.29, 0.717) is 18.8 Å². The molecule has 0 saturated carbocycles. The Balaban J connectivity index is 1.92. The summed E-state index contributed by atoms with van der Waals surface area (Å²) in [6.45, 7) is 1.38. The van der Waals surface area contributed by atoms with Gasteiger partial charge in [0, 0.05) is 18.3 Å². The molecule has 2 N–H and O–H groups in total. The molecule has 0 aliphatic carbocycles. The van der Waals surface area contributed by atoms with Crippen LogP contribution in [0.5, 0.6) is 5.88 Å². The minimum Gasteiger partial charge on any atom is -0.480 e. The van der Waals surface area contributed by atoms with Crippen molar-refractivity contribution in [2.75, 3.05) is 18.6 Å². The lowest BCUT2D eigenvalue weighted by Gasteiger charge is -2.31. The first-order valence-electron chi connectivity index (χ1n) is 7.25. The fourth-order valence-corrected chi connectivity index (χ4v) is 3.65. The highest BCUT2D eigenvalue weighted by Gasteiger charge is 2.23. The van der Waals surface area contributed by atoms with Gasteiger partial charge in [0.25, 0.3) is 0 Å². The maximum Gasteiger partial charge on any atom is 0.238 e. The number of nitrogens with zero attached hydrogens (tertiary/aromatic N) is 3. The number of hydrogen-bond donors (Lipinski definition) is 1. The third kappa shape index (κ3) is 3.27. The van der Waals surface area contributed by atoms with Crippen LogP contribution in [0.3, 0.4) is 0 Å². The van der Waals surface area contributed by atoms with Gasteiger partial charge in [-0.3, -0.25) is 0 Å². The second-order valence-electron chi connectivity index (χ2n) is 5.39. The number of rotatable bonds is 4. The van der Waals surface area contributed by atoms with Crippen molar-refractivity contribution in [1.82, 2.24) is 10.2 Å². The monoisotopic (exact) mass is 334 g/mol. The lowest BCUT2D eigenvalue weighted by molar-refractivity contribution is 0.391. The normalized spacial score (nSPS) is 14.4. The lowest BCUT2D eigenvalue weighted by Crippen LogP contribution is -2.30. The number of anilines is 1. The minimum absolute atomic E-state index is 0.209. The molecular formula is C15H18N4O3S. The van der Waals surface area contributed by atoms with Crippen LogP contribution in [0.4, 0.5) is 5.69 Å². The highest BCUT2D eigenvalue weighted by atomic mass is 32.2. The van der Waals surface area contributed by atoms with Crippen molar-refractivity contribution in [3.8, 4) is 5.88 Å². The molecule has 0 radical (unpaired) electrons. The van der Waals surface area contributed by atoms with E-state index in [9.17, 15) is 8.42 Å². The summed E-state index contributed by atoms with van der Waals surface area (Å²) in [5.41, 5.74) is 2.46. The van der Waals surface area contributed by atoms with Crippen LogP contribution in [-0.4, -0.2) is 32.3 Å². The smallest absolute Gasteiger partial charge is 0.238 e. The summed E-state index contributed by atoms with van der Waals surface area (Å²) in [6, 6.07) is 8.80. The number of hydrogen-bond acceptors (Lipinski definition) is 6. The van der Waals surface area contributed by atoms with Crippen molar-refractivity contribution in [1.29, 1.82) is 0 Å². The fourth-order valence-electron chi connectivity index (χ4n) is 2.84. The zero-order valence-electron chi connectivity index (χ0n) is 12.8. The topological polar surface area (TPSA) is 98.4 Å². The van der Waals surface area contributed by atoms with Crippen molar-refractivity contribution >= 4 is 15.7 Å². The summed E-state index contributed by atoms with van der Waals surface area (Å²) in [4.78, 5) is 2.31. The number of methoxy groups -OCH3 is 1. The minimum atomic E-state index is -3.72. The largest absolute Gasteiger partial charge is 0.480 e. The number of benzene rings is 1. The second kappa shape index (κ2) is 6.13. The van der Waals surface area contributed by atoms with E-state index in [4.69, 9.17) is 9.88 Å². The average molecular weight is 334 g/mol. The summed E-state index contributed by atoms with van der Waals surface area (Å²) in [5, 5.41) is 13.4. The molecule has 0 atom stereocenters. The molecule has 1 aromatic heterocycles. The highest BCUT2D eigenvalue weighted by molar-refractivity contribution is 7.89. The predicted octanol–water partition coefficient (Wildman–Crippen LogP) is 1.09. The molecule has 7 nitrogen and oxygen atoms in total. The van der Waals surface area contributed by atoms with Crippen molar-refractivity contribution < 1.29 is 13.2 Å². The molecule has 23 heavy (non-hydrogen) atoms. The molecule has 0 saturated heterocycles. The molecule has 8 heteroatoms. The van der Waals surface area contributed by atoms with Gasteiger partial charge >= 0.3 is 0 Å². The van der Waals surface area contributed by atoms with Gasteiger partial charge in [-0.05, 0) is 36.6 Å². The van der Waals surface area contributed by atoms with Crippen molar-refractivity contribution in [3.05, 3.63) is 41.6 Å². The molecule has 0 spiro atoms. The summed E-state index contributed by atoms with van der Waals surface area (Å²) in [5.74, 6) is 0.462. The van der Waals surface area contributed by atoms with Crippen molar-refractivity contribution in [2.24, 2.45) is 5.14 Å². The number of nitrogens with two attached hydrogens (primary N) is 1. The van der Waals surface area contributed by atoms with Crippen LogP contribution in [0.25, 0.3) is 0 Å². The number of sulfonamides is 1. The number of ether oxygens (including phenoxy) is 1. The van der Waals surface area contributed by atoms with E-state index in [1.54, 1.807) is 25.3 Å². The number of fused-ring (bicyclic) bond motifs is 1. The Morgan fingerprint density at radius 2 is 2.09 bits per heavy atom. The Morgan fingerprint density at radius 3 is 2.74 bits per heavy atom. The Hall–Kier alpha value is -2.19. The Bertz CT molecular complexity index is 806. The molecule has 0 unspecified atom stereocenters. The summed E-state index contributed by atoms with van der Waals surface area (Å²) in [7, 11) is -2.18. The van der Waals surface area contributed by atoms with Crippen LogP contribution in [-0.2, 0) is 23.0 Å². The van der Waals surface area contributed by atoms with E-state index in [1.807, 2.05) is 12.1 Å². The van der Waals surface area contributed by atoms with Crippen LogP contribution in [0.15, 0.2) is 35.2 Å². The molecule has 1 aliphatic rings. The number of aromatic nitrogens is 2. The third-order valence-corrected chi connectivity index (χ3v) is 4.86. The zero-order valence-corrected chi connectivity index (χ0v) is 13.6. The van der Waals surface area contributed by atoms with E-state index < -0.39 is 10.0 Å². The first-order chi connectivity index (χ1) is 11.0. The van der Waals surface area contributed by atoms with Gasteiger partial charge in [-0.1, -0.05) is 6.07 Å². The molecule has 0 amide bonds. The molecule has 1 aliphatic heterocycles. The molecule has 3 rings (SSSR count). The van der Waals surface area contributed by atoms with Crippen LogP contribution < -0.4 is 14.8 Å². The van der Waals surface area contributed by atoms with Crippen LogP contribution in [0.2, 0.25) is 0 Å². The van der Waals surface area contributed by atoms with Crippen LogP contribution in [0, 0.1) is 0 Å². The second-order valence-corrected chi connectivity index (χ2v) is 6.92. The van der Waals surface area contributed by atoms with E-state index in [-0.39, 0.29) is 4.90 Å². The van der Waals surface area contributed by atoms with Crippen molar-refractivity contribution in [2.45, 2.75) is 24.3 Å². The van der Waals surface area contributed by atoms with Gasteiger partial charge in [-0.25, -0.2) is 13.6 Å². The van der Waals surface area contributed by atoms with Gasteiger partial charge in [-0.2, -0.15) is 5.10 Å². The quantitative estimate of drug-likeness (QED) is 0.898. The standard InChI is InChI=1S/C15H18N4O3S/c1-22-15-8-7-11(17-18-15)10-19-9-3-4-12-13(19)5-2-6-14(12)23(16,20)21/h2,5-8H,3-4,9-10H2,1H3,(H2,16,20,21). The highest BCUT2D eigenvalue weighted by Crippen LogP contribution is 2.32. The lowest BCUT2D eigenvalue weighted by atomic mass is 10.0. The summed E-state index contributed by atoms with van der Waals surface area (Å²) >= 11 is 0. The molecule has 0 bridgehead atoms. The maximum absolute atomic E-state index is 11.8. The van der Waals surface area contributed by atoms with Gasteiger partial charge in [0.15, 0.2) is 0 Å². The van der Waals surface area contributed by atoms with E-state index in [1.165, 1.54) is 0 Å². The predicted molar refractivity (Wildman–Crippen MR) is 85.8 cm³/mol. The Morgan fingerprint density at radius 1 is 1.26 bits per heavy atom. The molecule has 1 aromatic carbocycles. The molecular weight excluding hydrogens is 316 g/mol.